The molecule has 8 nitrogen and oxygen atoms in total. The van der Waals surface area contributed by atoms with E-state index in [4.69, 9.17) is 31.2 Å². The molecule has 0 radical (unpaired) electrons. The van der Waals surface area contributed by atoms with Crippen LogP contribution in [0.2, 0.25) is 0 Å². The normalized spacial score (nSPS) is 16.9. The number of hydrogen-bond donors (Lipinski definition) is 4. The molecule has 0 amide bonds. The third kappa shape index (κ3) is 7.39. The van der Waals surface area contributed by atoms with Gasteiger partial charge in [0.25, 0.3) is 0 Å². The van der Waals surface area contributed by atoms with Gasteiger partial charge in [-0.05, 0) is 33.2 Å². The molecule has 0 fully saturated rings. The first kappa shape index (κ1) is 18.8. The van der Waals surface area contributed by atoms with Crippen molar-refractivity contribution in [3.8, 4) is 0 Å². The molecule has 0 saturated carbocycles. The maximum Gasteiger partial charge on any atom is 0.338 e. The van der Waals surface area contributed by atoms with Gasteiger partial charge in [0.15, 0.2) is 0 Å². The minimum atomic E-state index is -2.00. The van der Waals surface area contributed by atoms with Crippen LogP contribution in [-0.2, 0) is 19.1 Å². The Bertz CT molecular complexity index is 297. The third-order valence-electron chi connectivity index (χ3n) is 2.46. The Balaban J connectivity index is 4.65. The van der Waals surface area contributed by atoms with Crippen LogP contribution in [0.3, 0.4) is 0 Å². The van der Waals surface area contributed by atoms with E-state index in [0.29, 0.717) is 19.4 Å². The monoisotopic (exact) mass is 292 g/mol. The topological polar surface area (TPSA) is 145 Å². The zero-order chi connectivity index (χ0) is 15.8. The lowest BCUT2D eigenvalue weighted by Crippen LogP contribution is -2.51. The lowest BCUT2D eigenvalue weighted by molar-refractivity contribution is -0.238. The lowest BCUT2D eigenvalue weighted by Gasteiger charge is -2.29. The van der Waals surface area contributed by atoms with Gasteiger partial charge in [0, 0.05) is 6.42 Å². The minimum absolute atomic E-state index is 0.0456. The van der Waals surface area contributed by atoms with Gasteiger partial charge in [0.2, 0.25) is 0 Å². The smallest absolute Gasteiger partial charge is 0.338 e. The highest BCUT2D eigenvalue weighted by atomic mass is 16.8. The van der Waals surface area contributed by atoms with Gasteiger partial charge in [0.05, 0.1) is 0 Å². The van der Waals surface area contributed by atoms with Gasteiger partial charge < -0.3 is 25.4 Å². The fraction of sp³-hybridized carbons (Fsp3) is 0.833. The first-order chi connectivity index (χ1) is 9.22. The van der Waals surface area contributed by atoms with Crippen LogP contribution in [0.1, 0.15) is 39.5 Å². The summed E-state index contributed by atoms with van der Waals surface area (Å²) in [6, 6.07) is 0. The van der Waals surface area contributed by atoms with Crippen LogP contribution in [0.4, 0.5) is 0 Å². The largest absolute Gasteiger partial charge is 0.407 e. The minimum Gasteiger partial charge on any atom is -0.407 e. The number of aliphatic hydroxyl groups is 2. The third-order valence-corrected chi connectivity index (χ3v) is 2.46. The quantitative estimate of drug-likeness (QED) is 0.240. The van der Waals surface area contributed by atoms with Crippen molar-refractivity contribution in [3.63, 3.8) is 0 Å². The second kappa shape index (κ2) is 8.85. The van der Waals surface area contributed by atoms with E-state index in [1.165, 1.54) is 13.8 Å². The Morgan fingerprint density at radius 1 is 1.05 bits per heavy atom. The first-order valence-electron chi connectivity index (χ1n) is 6.52. The lowest BCUT2D eigenvalue weighted by atomic mass is 10.1. The van der Waals surface area contributed by atoms with Crippen molar-refractivity contribution in [2.75, 3.05) is 6.54 Å². The highest BCUT2D eigenvalue weighted by Gasteiger charge is 2.36. The number of ether oxygens (including phenoxy) is 2. The van der Waals surface area contributed by atoms with Crippen molar-refractivity contribution in [3.05, 3.63) is 0 Å². The van der Waals surface area contributed by atoms with Crippen molar-refractivity contribution in [2.24, 2.45) is 11.5 Å². The molecule has 0 aromatic heterocycles. The molecule has 0 rings (SSSR count). The van der Waals surface area contributed by atoms with Crippen molar-refractivity contribution in [1.82, 2.24) is 0 Å². The van der Waals surface area contributed by atoms with E-state index < -0.39 is 30.1 Å². The summed E-state index contributed by atoms with van der Waals surface area (Å²) < 4.78 is 9.61. The standard InChI is InChI=1S/C12H24N2O6/c1-8(15)10(17)19-12(14,6-4-3-5-7-13)20-11(18)9(2)16/h8-9,15-16H,3-7,13-14H2,1-2H3. The van der Waals surface area contributed by atoms with Gasteiger partial charge >= 0.3 is 17.8 Å². The fourth-order valence-electron chi connectivity index (χ4n) is 1.33. The summed E-state index contributed by atoms with van der Waals surface area (Å²) in [5, 5.41) is 18.2. The summed E-state index contributed by atoms with van der Waals surface area (Å²) in [7, 11) is 0. The number of unbranched alkanes of at least 4 members (excludes halogenated alkanes) is 2. The molecular weight excluding hydrogens is 268 g/mol. The van der Waals surface area contributed by atoms with Crippen LogP contribution in [0, 0.1) is 0 Å². The number of hydrogen-bond acceptors (Lipinski definition) is 8. The number of esters is 2. The number of rotatable bonds is 9. The van der Waals surface area contributed by atoms with Crippen LogP contribution >= 0.6 is 0 Å². The van der Waals surface area contributed by atoms with Gasteiger partial charge in [-0.1, -0.05) is 6.42 Å². The number of carbonyl (C=O) groups excluding carboxylic acids is 2. The average molecular weight is 292 g/mol. The summed E-state index contributed by atoms with van der Waals surface area (Å²) in [4.78, 5) is 22.7. The van der Waals surface area contributed by atoms with E-state index in [1.807, 2.05) is 0 Å². The summed E-state index contributed by atoms with van der Waals surface area (Å²) in [5.41, 5.74) is 11.1. The molecule has 0 aromatic rings. The molecular formula is C12H24N2O6. The highest BCUT2D eigenvalue weighted by molar-refractivity contribution is 5.76. The predicted molar refractivity (Wildman–Crippen MR) is 70.0 cm³/mol. The molecule has 2 atom stereocenters. The van der Waals surface area contributed by atoms with Crippen molar-refractivity contribution in [2.45, 2.75) is 57.6 Å². The first-order valence-corrected chi connectivity index (χ1v) is 6.52. The van der Waals surface area contributed by atoms with E-state index in [9.17, 15) is 9.59 Å². The Hall–Kier alpha value is -1.22. The SMILES string of the molecule is CC(O)C(=O)OC(N)(CCCCCN)OC(=O)C(C)O. The molecule has 0 saturated heterocycles. The van der Waals surface area contributed by atoms with Crippen LogP contribution in [0.5, 0.6) is 0 Å². The second-order valence-corrected chi connectivity index (χ2v) is 4.61. The summed E-state index contributed by atoms with van der Waals surface area (Å²) in [6.07, 6.45) is -0.768. The van der Waals surface area contributed by atoms with Crippen molar-refractivity contribution in [1.29, 1.82) is 0 Å². The van der Waals surface area contributed by atoms with Gasteiger partial charge in [-0.3, -0.25) is 5.73 Å². The maximum absolute atomic E-state index is 11.4. The Kier molecular flexibility index (Phi) is 8.31. The molecule has 0 heterocycles. The summed E-state index contributed by atoms with van der Waals surface area (Å²) in [5.74, 6) is -4.02. The van der Waals surface area contributed by atoms with Gasteiger partial charge in [0.1, 0.15) is 12.2 Å². The molecule has 0 aliphatic carbocycles. The zero-order valence-corrected chi connectivity index (χ0v) is 11.9. The number of nitrogens with two attached hydrogens (primary N) is 2. The van der Waals surface area contributed by atoms with E-state index in [0.717, 1.165) is 6.42 Å². The molecule has 20 heavy (non-hydrogen) atoms. The predicted octanol–water partition coefficient (Wildman–Crippen LogP) is -1.03. The highest BCUT2D eigenvalue weighted by Crippen LogP contribution is 2.18. The van der Waals surface area contributed by atoms with Crippen LogP contribution in [0.15, 0.2) is 0 Å². The van der Waals surface area contributed by atoms with Crippen molar-refractivity contribution < 1.29 is 29.3 Å². The van der Waals surface area contributed by atoms with Crippen LogP contribution < -0.4 is 11.5 Å². The molecule has 0 aromatic carbocycles. The van der Waals surface area contributed by atoms with Crippen LogP contribution in [-0.4, -0.2) is 46.8 Å². The zero-order valence-electron chi connectivity index (χ0n) is 11.9. The van der Waals surface area contributed by atoms with Crippen molar-refractivity contribution >= 4 is 11.9 Å². The number of carbonyl (C=O) groups is 2. The van der Waals surface area contributed by atoms with Gasteiger partial charge in [-0.25, -0.2) is 9.59 Å². The molecule has 0 spiro atoms. The molecule has 8 heteroatoms. The Morgan fingerprint density at radius 2 is 1.50 bits per heavy atom. The molecule has 118 valence electrons. The van der Waals surface area contributed by atoms with Crippen LogP contribution in [0.25, 0.3) is 0 Å². The average Bonchev–Trinajstić information content (AvgIpc) is 2.34. The Morgan fingerprint density at radius 3 is 1.85 bits per heavy atom. The molecule has 0 bridgehead atoms. The second-order valence-electron chi connectivity index (χ2n) is 4.61. The Labute approximate surface area is 118 Å². The molecule has 6 N–H and O–H groups in total. The fourth-order valence-corrected chi connectivity index (χ4v) is 1.33. The maximum atomic E-state index is 11.4. The van der Waals surface area contributed by atoms with Gasteiger partial charge in [-0.15, -0.1) is 0 Å². The summed E-state index contributed by atoms with van der Waals surface area (Å²) >= 11 is 0. The molecule has 0 aliphatic rings. The van der Waals surface area contributed by atoms with E-state index in [2.05, 4.69) is 0 Å². The molecule has 2 unspecified atom stereocenters. The van der Waals surface area contributed by atoms with E-state index in [1.54, 1.807) is 0 Å². The molecule has 0 aliphatic heterocycles. The van der Waals surface area contributed by atoms with E-state index >= 15 is 0 Å². The summed E-state index contributed by atoms with van der Waals surface area (Å²) in [6.45, 7) is 2.92. The van der Waals surface area contributed by atoms with Gasteiger partial charge in [-0.2, -0.15) is 0 Å². The van der Waals surface area contributed by atoms with E-state index in [-0.39, 0.29) is 6.42 Å². The number of aliphatic hydroxyl groups excluding tert-OH is 2.